The summed E-state index contributed by atoms with van der Waals surface area (Å²) in [5.41, 5.74) is 1.57. The van der Waals surface area contributed by atoms with Crippen LogP contribution >= 0.6 is 11.6 Å². The number of rotatable bonds is 3. The lowest BCUT2D eigenvalue weighted by Crippen LogP contribution is -2.46. The Morgan fingerprint density at radius 1 is 1.28 bits per heavy atom. The van der Waals surface area contributed by atoms with E-state index in [9.17, 15) is 9.59 Å². The lowest BCUT2D eigenvalue weighted by Gasteiger charge is -2.31. The van der Waals surface area contributed by atoms with Crippen molar-refractivity contribution in [2.24, 2.45) is 0 Å². The largest absolute Gasteiger partial charge is 0.466 e. The van der Waals surface area contributed by atoms with Crippen LogP contribution in [-0.2, 0) is 9.53 Å². The Labute approximate surface area is 150 Å². The maximum absolute atomic E-state index is 12.2. The Balaban J connectivity index is 2.05. The summed E-state index contributed by atoms with van der Waals surface area (Å²) in [5, 5.41) is 3.31. The number of benzene rings is 1. The number of nitrogens with one attached hydrogen (secondary N) is 1. The topological polar surface area (TPSA) is 71.8 Å². The molecule has 0 unspecified atom stereocenters. The van der Waals surface area contributed by atoms with Gasteiger partial charge in [-0.25, -0.2) is 9.59 Å². The van der Waals surface area contributed by atoms with E-state index in [1.807, 2.05) is 18.2 Å². The lowest BCUT2D eigenvalue weighted by atomic mass is 10.0. The van der Waals surface area contributed by atoms with Crippen molar-refractivity contribution in [2.45, 2.75) is 13.0 Å². The number of carbonyl (C=O) groups is 2. The van der Waals surface area contributed by atoms with E-state index in [-0.39, 0.29) is 6.03 Å². The van der Waals surface area contributed by atoms with Gasteiger partial charge in [0, 0.05) is 18.3 Å². The average molecular weight is 361 g/mol. The first-order chi connectivity index (χ1) is 11.9. The number of nitrogens with zero attached hydrogens (tertiary/aromatic N) is 1. The number of esters is 1. The lowest BCUT2D eigenvalue weighted by molar-refractivity contribution is -0.136. The molecule has 1 atom stereocenters. The molecule has 0 saturated carbocycles. The minimum Gasteiger partial charge on any atom is -0.466 e. The van der Waals surface area contributed by atoms with Gasteiger partial charge in [0.05, 0.1) is 17.7 Å². The van der Waals surface area contributed by atoms with Crippen LogP contribution in [0.2, 0.25) is 5.02 Å². The number of methoxy groups -OCH3 is 1. The molecular weight excluding hydrogens is 344 g/mol. The van der Waals surface area contributed by atoms with Crippen molar-refractivity contribution in [1.82, 2.24) is 10.2 Å². The van der Waals surface area contributed by atoms with Crippen LogP contribution in [0.3, 0.4) is 0 Å². The predicted octanol–water partition coefficient (Wildman–Crippen LogP) is 3.74. The summed E-state index contributed by atoms with van der Waals surface area (Å²) in [7, 11) is 2.88. The number of ether oxygens (including phenoxy) is 1. The number of amides is 2. The van der Waals surface area contributed by atoms with Gasteiger partial charge in [0.25, 0.3) is 0 Å². The average Bonchev–Trinajstić information content (AvgIpc) is 3.09. The van der Waals surface area contributed by atoms with Gasteiger partial charge in [0.1, 0.15) is 17.6 Å². The number of carbonyl (C=O) groups excluding carboxylic acids is 2. The van der Waals surface area contributed by atoms with E-state index in [2.05, 4.69) is 5.32 Å². The van der Waals surface area contributed by atoms with Crippen LogP contribution in [0.1, 0.15) is 18.7 Å². The van der Waals surface area contributed by atoms with E-state index in [0.717, 1.165) is 5.56 Å². The molecule has 25 heavy (non-hydrogen) atoms. The Morgan fingerprint density at radius 3 is 2.68 bits per heavy atom. The number of hydrogen-bond donors (Lipinski definition) is 1. The second-order valence-electron chi connectivity index (χ2n) is 5.61. The molecule has 2 aromatic rings. The van der Waals surface area contributed by atoms with Gasteiger partial charge < -0.3 is 19.4 Å². The van der Waals surface area contributed by atoms with Gasteiger partial charge >= 0.3 is 12.0 Å². The molecule has 3 rings (SSSR count). The van der Waals surface area contributed by atoms with Crippen molar-refractivity contribution in [1.29, 1.82) is 0 Å². The zero-order valence-corrected chi connectivity index (χ0v) is 14.8. The highest BCUT2D eigenvalue weighted by atomic mass is 35.5. The molecule has 2 amide bonds. The van der Waals surface area contributed by atoms with E-state index >= 15 is 0 Å². The summed E-state index contributed by atoms with van der Waals surface area (Å²) in [5.74, 6) is 0.455. The minimum atomic E-state index is -0.729. The molecule has 0 bridgehead atoms. The van der Waals surface area contributed by atoms with Gasteiger partial charge in [-0.2, -0.15) is 0 Å². The number of hydrogen-bond acceptors (Lipinski definition) is 4. The molecule has 1 N–H and O–H groups in total. The molecule has 130 valence electrons. The molecule has 6 nitrogen and oxygen atoms in total. The van der Waals surface area contributed by atoms with Gasteiger partial charge in [0.15, 0.2) is 0 Å². The Hall–Kier alpha value is -2.73. The molecule has 0 spiro atoms. The quantitative estimate of drug-likeness (QED) is 0.846. The van der Waals surface area contributed by atoms with Crippen molar-refractivity contribution >= 4 is 23.6 Å². The zero-order valence-electron chi connectivity index (χ0n) is 14.0. The predicted molar refractivity (Wildman–Crippen MR) is 92.9 cm³/mol. The second-order valence-corrected chi connectivity index (χ2v) is 6.02. The number of halogens is 1. The molecular formula is C18H17ClN2O4. The third-order valence-electron chi connectivity index (χ3n) is 4.21. The maximum atomic E-state index is 12.2. The normalized spacial score (nSPS) is 17.5. The van der Waals surface area contributed by atoms with Gasteiger partial charge in [-0.15, -0.1) is 0 Å². The smallest absolute Gasteiger partial charge is 0.338 e. The summed E-state index contributed by atoms with van der Waals surface area (Å²) < 4.78 is 10.8. The molecule has 7 heteroatoms. The van der Waals surface area contributed by atoms with Gasteiger partial charge in [0.2, 0.25) is 0 Å². The highest BCUT2D eigenvalue weighted by Gasteiger charge is 2.36. The second kappa shape index (κ2) is 6.64. The molecule has 0 fully saturated rings. The first-order valence-electron chi connectivity index (χ1n) is 7.62. The van der Waals surface area contributed by atoms with Crippen molar-refractivity contribution in [2.75, 3.05) is 14.2 Å². The van der Waals surface area contributed by atoms with Crippen LogP contribution in [0.5, 0.6) is 0 Å². The highest BCUT2D eigenvalue weighted by molar-refractivity contribution is 6.33. The summed E-state index contributed by atoms with van der Waals surface area (Å²) >= 11 is 6.20. The van der Waals surface area contributed by atoms with Crippen LogP contribution < -0.4 is 5.32 Å². The fourth-order valence-corrected chi connectivity index (χ4v) is 2.97. The van der Waals surface area contributed by atoms with Crippen LogP contribution in [0.4, 0.5) is 4.79 Å². The third kappa shape index (κ3) is 3.00. The molecule has 0 aliphatic carbocycles. The standard InChI is InChI=1S/C18H17ClN2O4/c1-10-15(17(22)24-3)16(20-18(23)21(10)2)14-9-8-13(25-14)11-6-4-5-7-12(11)19/h4-9,16H,1-3H3,(H,20,23)/t16-/m1/s1. The van der Waals surface area contributed by atoms with Crippen molar-refractivity contribution in [3.8, 4) is 11.3 Å². The maximum Gasteiger partial charge on any atom is 0.338 e. The molecule has 1 aromatic heterocycles. The Bertz CT molecular complexity index is 871. The first-order valence-corrected chi connectivity index (χ1v) is 7.99. The zero-order chi connectivity index (χ0) is 18.1. The van der Waals surface area contributed by atoms with E-state index < -0.39 is 12.0 Å². The third-order valence-corrected chi connectivity index (χ3v) is 4.54. The SMILES string of the molecule is COC(=O)C1=C(C)N(C)C(=O)N[C@@H]1c1ccc(-c2ccccc2Cl)o1. The van der Waals surface area contributed by atoms with Crippen molar-refractivity contribution in [3.63, 3.8) is 0 Å². The van der Waals surface area contributed by atoms with Gasteiger partial charge in [-0.05, 0) is 31.2 Å². The van der Waals surface area contributed by atoms with Crippen LogP contribution in [0.25, 0.3) is 11.3 Å². The Kier molecular flexibility index (Phi) is 4.55. The van der Waals surface area contributed by atoms with Crippen molar-refractivity contribution < 1.29 is 18.7 Å². The fraction of sp³-hybridized carbons (Fsp3) is 0.222. The summed E-state index contributed by atoms with van der Waals surface area (Å²) in [4.78, 5) is 25.7. The van der Waals surface area contributed by atoms with Crippen molar-refractivity contribution in [3.05, 3.63) is 58.5 Å². The molecule has 1 aliphatic rings. The summed E-state index contributed by atoms with van der Waals surface area (Å²) in [6, 6.07) is 9.69. The van der Waals surface area contributed by atoms with Gasteiger partial charge in [-0.3, -0.25) is 0 Å². The fourth-order valence-electron chi connectivity index (χ4n) is 2.74. The van der Waals surface area contributed by atoms with E-state index in [4.69, 9.17) is 20.8 Å². The highest BCUT2D eigenvalue weighted by Crippen LogP contribution is 2.35. The van der Waals surface area contributed by atoms with E-state index in [1.165, 1.54) is 12.0 Å². The molecule has 1 aromatic carbocycles. The van der Waals surface area contributed by atoms with Crippen LogP contribution in [-0.4, -0.2) is 31.1 Å². The molecule has 2 heterocycles. The molecule has 0 radical (unpaired) electrons. The number of furan rings is 1. The van der Waals surface area contributed by atoms with E-state index in [0.29, 0.717) is 27.8 Å². The monoisotopic (exact) mass is 360 g/mol. The number of urea groups is 1. The number of allylic oxidation sites excluding steroid dienone is 1. The van der Waals surface area contributed by atoms with Gasteiger partial charge in [-0.1, -0.05) is 23.7 Å². The van der Waals surface area contributed by atoms with Crippen LogP contribution in [0.15, 0.2) is 52.1 Å². The summed E-state index contributed by atoms with van der Waals surface area (Å²) in [6.07, 6.45) is 0. The van der Waals surface area contributed by atoms with Crippen LogP contribution in [0, 0.1) is 0 Å². The molecule has 1 aliphatic heterocycles. The summed E-state index contributed by atoms with van der Waals surface area (Å²) in [6.45, 7) is 1.69. The Morgan fingerprint density at radius 2 is 2.00 bits per heavy atom. The van der Waals surface area contributed by atoms with E-state index in [1.54, 1.807) is 32.2 Å². The molecule has 0 saturated heterocycles. The first kappa shape index (κ1) is 17.1. The minimum absolute atomic E-state index is 0.324.